The number of nitrogens with zero attached hydrogens (tertiary/aromatic N) is 2. The maximum absolute atomic E-state index is 9.86. The van der Waals surface area contributed by atoms with Gasteiger partial charge in [-0.25, -0.2) is 0 Å². The summed E-state index contributed by atoms with van der Waals surface area (Å²) in [6, 6.07) is 16.2. The molecule has 5 nitrogen and oxygen atoms in total. The number of hydrogen-bond acceptors (Lipinski definition) is 3. The first-order chi connectivity index (χ1) is 12.2. The zero-order valence-electron chi connectivity index (χ0n) is 15.2. The fourth-order valence-corrected chi connectivity index (χ4v) is 3.08. The van der Waals surface area contributed by atoms with Crippen molar-refractivity contribution in [1.29, 1.82) is 0 Å². The summed E-state index contributed by atoms with van der Waals surface area (Å²) in [7, 11) is 1.55. The minimum atomic E-state index is 0. The van der Waals surface area contributed by atoms with E-state index in [9.17, 15) is 5.11 Å². The molecule has 140 valence electrons. The van der Waals surface area contributed by atoms with Crippen LogP contribution >= 0.6 is 24.0 Å². The summed E-state index contributed by atoms with van der Waals surface area (Å²) >= 11 is 0. The quantitative estimate of drug-likeness (QED) is 0.638. The standard InChI is InChI=1S/C20H25N3O2.HI/c1-3-23-14-17(16-7-5-4-6-8-16)22-20(23)21-12-11-15-9-10-19(25-2)18(24)13-15;/h4-10,13,17,24H,3,11-12,14H2,1-2H3,(H,21,22);1H. The number of ether oxygens (including phenoxy) is 1. The van der Waals surface area contributed by atoms with E-state index in [0.29, 0.717) is 12.3 Å². The second-order valence-electron chi connectivity index (χ2n) is 6.11. The van der Waals surface area contributed by atoms with Crippen molar-refractivity contribution >= 4 is 29.9 Å². The third-order valence-corrected chi connectivity index (χ3v) is 4.49. The highest BCUT2D eigenvalue weighted by atomic mass is 127. The van der Waals surface area contributed by atoms with Crippen LogP contribution in [-0.2, 0) is 6.42 Å². The van der Waals surface area contributed by atoms with Crippen LogP contribution in [0.5, 0.6) is 11.5 Å². The molecule has 0 aliphatic carbocycles. The molecule has 2 aromatic carbocycles. The Kier molecular flexibility index (Phi) is 7.56. The van der Waals surface area contributed by atoms with Crippen LogP contribution in [0.1, 0.15) is 24.1 Å². The Morgan fingerprint density at radius 2 is 2.00 bits per heavy atom. The van der Waals surface area contributed by atoms with E-state index in [0.717, 1.165) is 31.0 Å². The van der Waals surface area contributed by atoms with Crippen molar-refractivity contribution in [1.82, 2.24) is 10.2 Å². The molecular weight excluding hydrogens is 441 g/mol. The van der Waals surface area contributed by atoms with Crippen LogP contribution in [0.4, 0.5) is 0 Å². The molecule has 1 heterocycles. The minimum Gasteiger partial charge on any atom is -0.504 e. The number of phenols is 1. The maximum atomic E-state index is 9.86. The SMILES string of the molecule is CCN1CC(c2ccccc2)NC1=NCCc1ccc(OC)c(O)c1.I. The molecule has 0 radical (unpaired) electrons. The van der Waals surface area contributed by atoms with Crippen LogP contribution in [0, 0.1) is 0 Å². The van der Waals surface area contributed by atoms with Crippen LogP contribution in [-0.4, -0.2) is 42.7 Å². The molecule has 1 unspecified atom stereocenters. The molecule has 26 heavy (non-hydrogen) atoms. The predicted octanol–water partition coefficient (Wildman–Crippen LogP) is 3.58. The third-order valence-electron chi connectivity index (χ3n) is 4.49. The highest BCUT2D eigenvalue weighted by Gasteiger charge is 2.26. The highest BCUT2D eigenvalue weighted by molar-refractivity contribution is 14.0. The monoisotopic (exact) mass is 467 g/mol. The Balaban J connectivity index is 0.00000243. The second-order valence-corrected chi connectivity index (χ2v) is 6.11. The number of hydrogen-bond donors (Lipinski definition) is 2. The second kappa shape index (κ2) is 9.66. The first-order valence-corrected chi connectivity index (χ1v) is 8.68. The minimum absolute atomic E-state index is 0. The van der Waals surface area contributed by atoms with Crippen molar-refractivity contribution in [3.63, 3.8) is 0 Å². The first kappa shape index (κ1) is 20.4. The Morgan fingerprint density at radius 1 is 1.23 bits per heavy atom. The van der Waals surface area contributed by atoms with E-state index in [4.69, 9.17) is 9.73 Å². The Hall–Kier alpha value is -1.96. The predicted molar refractivity (Wildman–Crippen MR) is 116 cm³/mol. The van der Waals surface area contributed by atoms with Gasteiger partial charge in [0, 0.05) is 19.6 Å². The van der Waals surface area contributed by atoms with Gasteiger partial charge in [0.1, 0.15) is 0 Å². The molecule has 0 bridgehead atoms. The zero-order valence-corrected chi connectivity index (χ0v) is 17.5. The van der Waals surface area contributed by atoms with Gasteiger partial charge in [-0.1, -0.05) is 36.4 Å². The summed E-state index contributed by atoms with van der Waals surface area (Å²) in [6.07, 6.45) is 0.774. The van der Waals surface area contributed by atoms with Gasteiger partial charge in [-0.05, 0) is 36.6 Å². The van der Waals surface area contributed by atoms with Crippen LogP contribution in [0.2, 0.25) is 0 Å². The number of nitrogens with one attached hydrogen (secondary N) is 1. The summed E-state index contributed by atoms with van der Waals surface area (Å²) in [5.74, 6) is 1.62. The van der Waals surface area contributed by atoms with Gasteiger partial charge in [0.05, 0.1) is 13.2 Å². The molecule has 0 aromatic heterocycles. The number of likely N-dealkylation sites (N-methyl/N-ethyl adjacent to an activating group) is 1. The number of halogens is 1. The van der Waals surface area contributed by atoms with E-state index in [-0.39, 0.29) is 35.8 Å². The number of benzene rings is 2. The van der Waals surface area contributed by atoms with Gasteiger partial charge in [-0.2, -0.15) is 0 Å². The lowest BCUT2D eigenvalue weighted by molar-refractivity contribution is 0.373. The van der Waals surface area contributed by atoms with Crippen LogP contribution < -0.4 is 10.1 Å². The molecule has 2 aromatic rings. The van der Waals surface area contributed by atoms with Crippen LogP contribution in [0.3, 0.4) is 0 Å². The lowest BCUT2D eigenvalue weighted by Gasteiger charge is -2.14. The molecule has 1 atom stereocenters. The zero-order chi connectivity index (χ0) is 17.6. The molecule has 0 saturated carbocycles. The van der Waals surface area contributed by atoms with Gasteiger partial charge >= 0.3 is 0 Å². The Bertz CT molecular complexity index is 737. The molecular formula is C20H26IN3O2. The van der Waals surface area contributed by atoms with Crippen molar-refractivity contribution in [2.24, 2.45) is 4.99 Å². The summed E-state index contributed by atoms with van der Waals surface area (Å²) in [4.78, 5) is 7.00. The molecule has 0 amide bonds. The highest BCUT2D eigenvalue weighted by Crippen LogP contribution is 2.26. The van der Waals surface area contributed by atoms with Gasteiger partial charge in [0.15, 0.2) is 17.5 Å². The number of guanidine groups is 1. The largest absolute Gasteiger partial charge is 0.504 e. The molecule has 1 fully saturated rings. The van der Waals surface area contributed by atoms with Crippen molar-refractivity contribution in [2.75, 3.05) is 26.7 Å². The Morgan fingerprint density at radius 3 is 2.65 bits per heavy atom. The van der Waals surface area contributed by atoms with E-state index < -0.39 is 0 Å². The number of phenolic OH excluding ortho intramolecular Hbond substituents is 1. The van der Waals surface area contributed by atoms with E-state index >= 15 is 0 Å². The maximum Gasteiger partial charge on any atom is 0.194 e. The summed E-state index contributed by atoms with van der Waals surface area (Å²) < 4.78 is 5.07. The van der Waals surface area contributed by atoms with Crippen molar-refractivity contribution in [3.05, 3.63) is 59.7 Å². The molecule has 3 rings (SSSR count). The van der Waals surface area contributed by atoms with Gasteiger partial charge in [0.2, 0.25) is 0 Å². The molecule has 6 heteroatoms. The number of rotatable bonds is 6. The third kappa shape index (κ3) is 4.81. The van der Waals surface area contributed by atoms with Crippen LogP contribution in [0.15, 0.2) is 53.5 Å². The molecule has 1 aliphatic heterocycles. The molecule has 1 saturated heterocycles. The number of aromatic hydroxyl groups is 1. The van der Waals surface area contributed by atoms with Crippen molar-refractivity contribution in [2.45, 2.75) is 19.4 Å². The van der Waals surface area contributed by atoms with Crippen LogP contribution in [0.25, 0.3) is 0 Å². The Labute approximate surface area is 172 Å². The van der Waals surface area contributed by atoms with Gasteiger partial charge < -0.3 is 20.1 Å². The van der Waals surface area contributed by atoms with E-state index in [1.165, 1.54) is 5.56 Å². The van der Waals surface area contributed by atoms with Gasteiger partial charge in [0.25, 0.3) is 0 Å². The average Bonchev–Trinajstić information content (AvgIpc) is 3.06. The van der Waals surface area contributed by atoms with Crippen molar-refractivity contribution in [3.8, 4) is 11.5 Å². The lowest BCUT2D eigenvalue weighted by atomic mass is 10.1. The summed E-state index contributed by atoms with van der Waals surface area (Å²) in [5.41, 5.74) is 2.33. The fourth-order valence-electron chi connectivity index (χ4n) is 3.08. The smallest absolute Gasteiger partial charge is 0.194 e. The van der Waals surface area contributed by atoms with Gasteiger partial charge in [-0.15, -0.1) is 24.0 Å². The first-order valence-electron chi connectivity index (χ1n) is 8.68. The summed E-state index contributed by atoms with van der Waals surface area (Å²) in [6.45, 7) is 4.68. The topological polar surface area (TPSA) is 57.1 Å². The normalized spacial score (nSPS) is 17.7. The average molecular weight is 467 g/mol. The number of aliphatic imine (C=N–C) groups is 1. The van der Waals surface area contributed by atoms with E-state index in [1.54, 1.807) is 19.2 Å². The molecule has 1 aliphatic rings. The van der Waals surface area contributed by atoms with E-state index in [2.05, 4.69) is 41.4 Å². The molecule has 2 N–H and O–H groups in total. The van der Waals surface area contributed by atoms with Crippen molar-refractivity contribution < 1.29 is 9.84 Å². The summed E-state index contributed by atoms with van der Waals surface area (Å²) in [5, 5.41) is 13.4. The fraction of sp³-hybridized carbons (Fsp3) is 0.350. The van der Waals surface area contributed by atoms with Gasteiger partial charge in [-0.3, -0.25) is 4.99 Å². The number of methoxy groups -OCH3 is 1. The lowest BCUT2D eigenvalue weighted by Crippen LogP contribution is -2.30. The van der Waals surface area contributed by atoms with E-state index in [1.807, 2.05) is 12.1 Å². The molecule has 0 spiro atoms.